The Morgan fingerprint density at radius 3 is 2.92 bits per heavy atom. The first kappa shape index (κ1) is 8.78. The summed E-state index contributed by atoms with van der Waals surface area (Å²) >= 11 is 11.7. The van der Waals surface area contributed by atoms with Gasteiger partial charge in [-0.1, -0.05) is 30.1 Å². The van der Waals surface area contributed by atoms with Gasteiger partial charge in [-0.25, -0.2) is 9.50 Å². The van der Waals surface area contributed by atoms with Crippen LogP contribution in [-0.4, -0.2) is 14.6 Å². The minimum atomic E-state index is 0.396. The highest BCUT2D eigenvalue weighted by atomic mass is 35.5. The summed E-state index contributed by atoms with van der Waals surface area (Å²) in [5.41, 5.74) is 1.78. The number of hydrogen-bond acceptors (Lipinski definition) is 2. The second-order valence-electron chi connectivity index (χ2n) is 2.66. The molecular formula is C8H7Cl2N3. The second-order valence-corrected chi connectivity index (χ2v) is 3.43. The Balaban J connectivity index is 2.82. The van der Waals surface area contributed by atoms with E-state index < -0.39 is 0 Å². The average Bonchev–Trinajstić information content (AvgIpc) is 2.47. The van der Waals surface area contributed by atoms with Crippen LogP contribution >= 0.6 is 23.2 Å². The zero-order chi connectivity index (χ0) is 9.42. The van der Waals surface area contributed by atoms with Crippen LogP contribution in [0.15, 0.2) is 12.3 Å². The maximum atomic E-state index is 5.91. The van der Waals surface area contributed by atoms with Crippen LogP contribution in [0.3, 0.4) is 0 Å². The number of rotatable bonds is 1. The minimum absolute atomic E-state index is 0.396. The van der Waals surface area contributed by atoms with Crippen molar-refractivity contribution >= 4 is 28.8 Å². The van der Waals surface area contributed by atoms with Crippen molar-refractivity contribution in [1.29, 1.82) is 0 Å². The number of halogens is 2. The standard InChI is InChI=1S/C8H7Cl2N3/c1-2-5-4-11-13-7(10)3-6(9)12-8(5)13/h3-4H,2H2,1H3/i3+1,6+1,7+1. The van der Waals surface area contributed by atoms with E-state index in [4.69, 9.17) is 23.2 Å². The monoisotopic (exact) mass is 218 g/mol. The van der Waals surface area contributed by atoms with Gasteiger partial charge in [-0.3, -0.25) is 0 Å². The number of nitrogens with zero attached hydrogens (tertiary/aromatic N) is 3. The number of aromatic nitrogens is 3. The molecule has 0 amide bonds. The summed E-state index contributed by atoms with van der Waals surface area (Å²) in [7, 11) is 0. The third-order valence-electron chi connectivity index (χ3n) is 1.85. The van der Waals surface area contributed by atoms with E-state index in [2.05, 4.69) is 10.1 Å². The Bertz CT molecular complexity index is 450. The Kier molecular flexibility index (Phi) is 2.14. The van der Waals surface area contributed by atoms with Gasteiger partial charge in [0, 0.05) is 11.6 Å². The summed E-state index contributed by atoms with van der Waals surface area (Å²) in [6, 6.07) is 1.57. The molecule has 0 aliphatic carbocycles. The predicted octanol–water partition coefficient (Wildman–Crippen LogP) is 2.60. The first-order chi connectivity index (χ1) is 6.22. The molecule has 2 heterocycles. The number of aryl methyl sites for hydroxylation is 1. The predicted molar refractivity (Wildman–Crippen MR) is 52.4 cm³/mol. The molecule has 0 unspecified atom stereocenters. The first-order valence-corrected chi connectivity index (χ1v) is 4.66. The van der Waals surface area contributed by atoms with Gasteiger partial charge < -0.3 is 0 Å². The van der Waals surface area contributed by atoms with Crippen molar-refractivity contribution in [3.05, 3.63) is 28.1 Å². The lowest BCUT2D eigenvalue weighted by molar-refractivity contribution is 0.940. The number of hydrogen-bond donors (Lipinski definition) is 0. The average molecular weight is 219 g/mol. The highest BCUT2D eigenvalue weighted by molar-refractivity contribution is 6.33. The molecule has 5 heteroatoms. The fourth-order valence-electron chi connectivity index (χ4n) is 1.19. The molecule has 0 N–H and O–H groups in total. The van der Waals surface area contributed by atoms with E-state index in [0.29, 0.717) is 10.3 Å². The fourth-order valence-corrected chi connectivity index (χ4v) is 1.66. The molecule has 0 radical (unpaired) electrons. The maximum absolute atomic E-state index is 5.91. The highest BCUT2D eigenvalue weighted by Crippen LogP contribution is 2.18. The van der Waals surface area contributed by atoms with Crippen LogP contribution in [0.25, 0.3) is 5.65 Å². The molecule has 68 valence electrons. The summed E-state index contributed by atoms with van der Waals surface area (Å²) in [5.74, 6) is 0. The van der Waals surface area contributed by atoms with Gasteiger partial charge in [-0.05, 0) is 6.42 Å². The van der Waals surface area contributed by atoms with Crippen molar-refractivity contribution in [2.75, 3.05) is 0 Å². The molecule has 0 aliphatic rings. The van der Waals surface area contributed by atoms with Crippen LogP contribution in [0, 0.1) is 0 Å². The smallest absolute Gasteiger partial charge is 0.161 e. The van der Waals surface area contributed by atoms with Crippen LogP contribution in [0.5, 0.6) is 0 Å². The van der Waals surface area contributed by atoms with Gasteiger partial charge in [0.1, 0.15) is 10.3 Å². The Morgan fingerprint density at radius 2 is 2.23 bits per heavy atom. The lowest BCUT2D eigenvalue weighted by Crippen LogP contribution is -1.93. The molecular weight excluding hydrogens is 212 g/mol. The maximum Gasteiger partial charge on any atom is 0.161 e. The first-order valence-electron chi connectivity index (χ1n) is 3.91. The highest BCUT2D eigenvalue weighted by Gasteiger charge is 2.07. The Hall–Kier alpha value is -0.800. The normalized spacial score (nSPS) is 11.0. The molecule has 0 aliphatic heterocycles. The molecule has 2 aromatic rings. The van der Waals surface area contributed by atoms with Crippen LogP contribution in [0.1, 0.15) is 12.5 Å². The third-order valence-corrected chi connectivity index (χ3v) is 2.31. The van der Waals surface area contributed by atoms with Gasteiger partial charge in [0.2, 0.25) is 0 Å². The third kappa shape index (κ3) is 1.38. The van der Waals surface area contributed by atoms with Gasteiger partial charge in [-0.15, -0.1) is 0 Å². The topological polar surface area (TPSA) is 30.2 Å². The van der Waals surface area contributed by atoms with E-state index >= 15 is 0 Å². The quantitative estimate of drug-likeness (QED) is 0.690. The zero-order valence-corrected chi connectivity index (χ0v) is 8.47. The van der Waals surface area contributed by atoms with Gasteiger partial charge in [0.05, 0.1) is 6.20 Å². The van der Waals surface area contributed by atoms with Gasteiger partial charge in [0.15, 0.2) is 5.65 Å². The van der Waals surface area contributed by atoms with E-state index in [1.54, 1.807) is 16.8 Å². The van der Waals surface area contributed by atoms with Crippen LogP contribution in [-0.2, 0) is 6.42 Å². The van der Waals surface area contributed by atoms with E-state index in [9.17, 15) is 0 Å². The SMILES string of the molecule is CCc1cnn2c1n[13c](Cl)[13cH][13c]2Cl. The van der Waals surface area contributed by atoms with Crippen molar-refractivity contribution in [2.45, 2.75) is 13.3 Å². The largest absolute Gasteiger partial charge is 0.216 e. The molecule has 0 fully saturated rings. The van der Waals surface area contributed by atoms with Gasteiger partial charge in [-0.2, -0.15) is 5.10 Å². The van der Waals surface area contributed by atoms with Crippen molar-refractivity contribution in [3.8, 4) is 0 Å². The molecule has 0 bridgehead atoms. The van der Waals surface area contributed by atoms with Crippen LogP contribution < -0.4 is 0 Å². The van der Waals surface area contributed by atoms with Crippen LogP contribution in [0.4, 0.5) is 0 Å². The molecule has 0 aromatic carbocycles. The van der Waals surface area contributed by atoms with E-state index in [0.717, 1.165) is 17.6 Å². The van der Waals surface area contributed by atoms with E-state index in [-0.39, 0.29) is 0 Å². The molecule has 2 aromatic heterocycles. The van der Waals surface area contributed by atoms with Crippen molar-refractivity contribution in [3.63, 3.8) is 0 Å². The van der Waals surface area contributed by atoms with E-state index in [1.165, 1.54) is 0 Å². The molecule has 0 spiro atoms. The zero-order valence-electron chi connectivity index (χ0n) is 6.96. The van der Waals surface area contributed by atoms with Crippen molar-refractivity contribution in [2.24, 2.45) is 0 Å². The second kappa shape index (κ2) is 3.16. The van der Waals surface area contributed by atoms with Gasteiger partial charge in [0.25, 0.3) is 0 Å². The van der Waals surface area contributed by atoms with Crippen LogP contribution in [0.2, 0.25) is 10.3 Å². The summed E-state index contributed by atoms with van der Waals surface area (Å²) < 4.78 is 1.58. The summed E-state index contributed by atoms with van der Waals surface area (Å²) in [6.07, 6.45) is 2.62. The van der Waals surface area contributed by atoms with Gasteiger partial charge >= 0.3 is 0 Å². The lowest BCUT2D eigenvalue weighted by Gasteiger charge is -1.97. The lowest BCUT2D eigenvalue weighted by atomic mass is 10.3. The van der Waals surface area contributed by atoms with Crippen molar-refractivity contribution in [1.82, 2.24) is 14.6 Å². The molecule has 2 rings (SSSR count). The molecule has 13 heavy (non-hydrogen) atoms. The molecule has 3 nitrogen and oxygen atoms in total. The van der Waals surface area contributed by atoms with E-state index in [1.807, 2.05) is 6.92 Å². The fraction of sp³-hybridized carbons (Fsp3) is 0.250. The molecule has 0 saturated carbocycles. The Morgan fingerprint density at radius 1 is 1.46 bits per heavy atom. The summed E-state index contributed by atoms with van der Waals surface area (Å²) in [5, 5.41) is 4.97. The Labute approximate surface area is 85.3 Å². The number of fused-ring (bicyclic) bond motifs is 1. The molecule has 0 atom stereocenters. The van der Waals surface area contributed by atoms with Crippen molar-refractivity contribution < 1.29 is 0 Å². The molecule has 0 saturated heterocycles. The summed E-state index contributed by atoms with van der Waals surface area (Å²) in [4.78, 5) is 4.15. The minimum Gasteiger partial charge on any atom is -0.216 e. The summed E-state index contributed by atoms with van der Waals surface area (Å²) in [6.45, 7) is 2.04.